The first-order valence-electron chi connectivity index (χ1n) is 7.34. The molecule has 0 amide bonds. The molecule has 3 heterocycles. The molecule has 2 aromatic heterocycles. The summed E-state index contributed by atoms with van der Waals surface area (Å²) in [6.07, 6.45) is -1.77. The Kier molecular flexibility index (Phi) is 4.31. The van der Waals surface area contributed by atoms with Crippen molar-refractivity contribution in [2.75, 3.05) is 18.9 Å². The first-order valence-corrected chi connectivity index (χ1v) is 7.34. The zero-order valence-corrected chi connectivity index (χ0v) is 12.5. The number of anilines is 1. The van der Waals surface area contributed by atoms with Gasteiger partial charge in [-0.05, 0) is 6.42 Å². The Morgan fingerprint density at radius 1 is 1.48 bits per heavy atom. The maximum absolute atomic E-state index is 11.8. The predicted octanol–water partition coefficient (Wildman–Crippen LogP) is -1.25. The number of aromatic nitrogens is 4. The number of H-pyrrole nitrogens is 1. The Balaban J connectivity index is 1.88. The van der Waals surface area contributed by atoms with E-state index in [9.17, 15) is 15.0 Å². The second-order valence-electron chi connectivity index (χ2n) is 5.40. The molecular weight excluding hydrogens is 306 g/mol. The van der Waals surface area contributed by atoms with Crippen molar-refractivity contribution < 1.29 is 19.7 Å². The molecule has 1 saturated heterocycles. The molecule has 4 atom stereocenters. The third-order valence-electron chi connectivity index (χ3n) is 3.69. The fourth-order valence-electron chi connectivity index (χ4n) is 2.57. The van der Waals surface area contributed by atoms with Gasteiger partial charge in [0.2, 0.25) is 5.95 Å². The van der Waals surface area contributed by atoms with Crippen LogP contribution in [0.1, 0.15) is 19.6 Å². The second kappa shape index (κ2) is 6.24. The van der Waals surface area contributed by atoms with Gasteiger partial charge in [-0.25, -0.2) is 4.98 Å². The molecule has 0 unspecified atom stereocenters. The number of hydrogen-bond acceptors (Lipinski definition) is 8. The van der Waals surface area contributed by atoms with Gasteiger partial charge in [0, 0.05) is 6.61 Å². The molecule has 1 aliphatic rings. The van der Waals surface area contributed by atoms with Gasteiger partial charge >= 0.3 is 0 Å². The molecule has 0 saturated carbocycles. The number of hydrogen-bond donors (Lipinski definition) is 4. The molecule has 1 aliphatic heterocycles. The van der Waals surface area contributed by atoms with Crippen LogP contribution in [-0.4, -0.2) is 61.3 Å². The molecule has 10 heteroatoms. The molecule has 0 bridgehead atoms. The summed E-state index contributed by atoms with van der Waals surface area (Å²) in [7, 11) is 0. The maximum Gasteiger partial charge on any atom is 0.280 e. The minimum Gasteiger partial charge on any atom is -0.387 e. The summed E-state index contributed by atoms with van der Waals surface area (Å²) in [5.74, 6) is -0.0693. The summed E-state index contributed by atoms with van der Waals surface area (Å²) in [4.78, 5) is 22.1. The first-order chi connectivity index (χ1) is 11.0. The summed E-state index contributed by atoms with van der Waals surface area (Å²) in [5, 5.41) is 20.3. The predicted molar refractivity (Wildman–Crippen MR) is 79.6 cm³/mol. The van der Waals surface area contributed by atoms with Crippen molar-refractivity contribution in [3.8, 4) is 0 Å². The lowest BCUT2D eigenvalue weighted by Gasteiger charge is -2.16. The van der Waals surface area contributed by atoms with Gasteiger partial charge in [0.15, 0.2) is 17.4 Å². The Morgan fingerprint density at radius 3 is 3.00 bits per heavy atom. The topological polar surface area (TPSA) is 149 Å². The lowest BCUT2D eigenvalue weighted by molar-refractivity contribution is -0.0652. The SMILES string of the molecule is CCCOC[C@H]1O[C@@H](n2cnc3c(=O)[nH]c(N)nc32)[C@H](O)[C@@H]1O. The van der Waals surface area contributed by atoms with E-state index in [2.05, 4.69) is 15.0 Å². The summed E-state index contributed by atoms with van der Waals surface area (Å²) in [6, 6.07) is 0. The van der Waals surface area contributed by atoms with Crippen LogP contribution in [-0.2, 0) is 9.47 Å². The molecule has 5 N–H and O–H groups in total. The number of nitrogens with one attached hydrogen (secondary N) is 1. The molecule has 2 aromatic rings. The van der Waals surface area contributed by atoms with E-state index < -0.39 is 30.1 Å². The van der Waals surface area contributed by atoms with E-state index in [-0.39, 0.29) is 23.7 Å². The van der Waals surface area contributed by atoms with Crippen LogP contribution in [0, 0.1) is 0 Å². The number of ether oxygens (including phenoxy) is 2. The van der Waals surface area contributed by atoms with Crippen molar-refractivity contribution in [1.82, 2.24) is 19.5 Å². The van der Waals surface area contributed by atoms with E-state index in [1.54, 1.807) is 0 Å². The number of fused-ring (bicyclic) bond motifs is 1. The monoisotopic (exact) mass is 325 g/mol. The normalized spacial score (nSPS) is 27.8. The summed E-state index contributed by atoms with van der Waals surface area (Å²) in [6.45, 7) is 2.66. The Morgan fingerprint density at radius 2 is 2.26 bits per heavy atom. The van der Waals surface area contributed by atoms with E-state index in [0.717, 1.165) is 6.42 Å². The highest BCUT2D eigenvalue weighted by Crippen LogP contribution is 2.31. The van der Waals surface area contributed by atoms with Gasteiger partial charge in [-0.1, -0.05) is 6.92 Å². The fraction of sp³-hybridized carbons (Fsp3) is 0.615. The average molecular weight is 325 g/mol. The van der Waals surface area contributed by atoms with Crippen LogP contribution in [0.2, 0.25) is 0 Å². The van der Waals surface area contributed by atoms with E-state index in [1.807, 2.05) is 6.92 Å². The van der Waals surface area contributed by atoms with E-state index in [4.69, 9.17) is 15.2 Å². The summed E-state index contributed by atoms with van der Waals surface area (Å²) < 4.78 is 12.4. The van der Waals surface area contributed by atoms with Crippen molar-refractivity contribution >= 4 is 17.1 Å². The number of nitrogens with zero attached hydrogens (tertiary/aromatic N) is 3. The zero-order valence-electron chi connectivity index (χ0n) is 12.5. The van der Waals surface area contributed by atoms with Gasteiger partial charge in [0.25, 0.3) is 5.56 Å². The molecule has 0 aliphatic carbocycles. The number of aliphatic hydroxyl groups is 2. The highest BCUT2D eigenvalue weighted by Gasteiger charge is 2.44. The molecule has 0 radical (unpaired) electrons. The van der Waals surface area contributed by atoms with Crippen molar-refractivity contribution in [3.63, 3.8) is 0 Å². The molecule has 0 spiro atoms. The van der Waals surface area contributed by atoms with E-state index in [0.29, 0.717) is 6.61 Å². The van der Waals surface area contributed by atoms with Crippen molar-refractivity contribution in [1.29, 1.82) is 0 Å². The fourth-order valence-corrected chi connectivity index (χ4v) is 2.57. The highest BCUT2D eigenvalue weighted by molar-refractivity contribution is 5.70. The molecule has 1 fully saturated rings. The van der Waals surface area contributed by atoms with Crippen LogP contribution >= 0.6 is 0 Å². The van der Waals surface area contributed by atoms with E-state index in [1.165, 1.54) is 10.9 Å². The number of nitrogen functional groups attached to an aromatic ring is 1. The molecule has 3 rings (SSSR count). The molecule has 126 valence electrons. The standard InChI is InChI=1S/C13H19N5O5/c1-2-3-22-4-6-8(19)9(20)12(23-6)18-5-15-7-10(18)16-13(14)17-11(7)21/h5-6,8-9,12,19-20H,2-4H2,1H3,(H3,14,16,17,21)/t6-,8-,9-,12-/m1/s1. The summed E-state index contributed by atoms with van der Waals surface area (Å²) >= 11 is 0. The van der Waals surface area contributed by atoms with Crippen LogP contribution in [0.3, 0.4) is 0 Å². The van der Waals surface area contributed by atoms with Crippen LogP contribution in [0.4, 0.5) is 5.95 Å². The lowest BCUT2D eigenvalue weighted by Crippen LogP contribution is -2.33. The van der Waals surface area contributed by atoms with E-state index >= 15 is 0 Å². The average Bonchev–Trinajstić information content (AvgIpc) is 3.04. The van der Waals surface area contributed by atoms with Gasteiger partial charge in [0.1, 0.15) is 18.3 Å². The minimum absolute atomic E-state index is 0.0693. The van der Waals surface area contributed by atoms with Crippen LogP contribution < -0.4 is 11.3 Å². The Hall–Kier alpha value is -2.01. The number of aromatic amines is 1. The lowest BCUT2D eigenvalue weighted by atomic mass is 10.1. The van der Waals surface area contributed by atoms with Crippen molar-refractivity contribution in [2.24, 2.45) is 0 Å². The van der Waals surface area contributed by atoms with Crippen molar-refractivity contribution in [2.45, 2.75) is 37.9 Å². The largest absolute Gasteiger partial charge is 0.387 e. The van der Waals surface area contributed by atoms with Crippen molar-refractivity contribution in [3.05, 3.63) is 16.7 Å². The molecule has 10 nitrogen and oxygen atoms in total. The van der Waals surface area contributed by atoms with Gasteiger partial charge < -0.3 is 25.4 Å². The minimum atomic E-state index is -1.20. The zero-order chi connectivity index (χ0) is 16.6. The number of imidazole rings is 1. The third-order valence-corrected chi connectivity index (χ3v) is 3.69. The van der Waals surface area contributed by atoms with Gasteiger partial charge in [-0.15, -0.1) is 0 Å². The van der Waals surface area contributed by atoms with Crippen LogP contribution in [0.5, 0.6) is 0 Å². The molecular formula is C13H19N5O5. The van der Waals surface area contributed by atoms with Gasteiger partial charge in [-0.2, -0.15) is 4.98 Å². The van der Waals surface area contributed by atoms with Gasteiger partial charge in [-0.3, -0.25) is 14.3 Å². The number of aliphatic hydroxyl groups excluding tert-OH is 2. The molecule has 0 aromatic carbocycles. The number of rotatable bonds is 5. The highest BCUT2D eigenvalue weighted by atomic mass is 16.6. The second-order valence-corrected chi connectivity index (χ2v) is 5.40. The Bertz CT molecular complexity index is 744. The summed E-state index contributed by atoms with van der Waals surface area (Å²) in [5.41, 5.74) is 5.31. The van der Waals surface area contributed by atoms with Crippen LogP contribution in [0.15, 0.2) is 11.1 Å². The first kappa shape index (κ1) is 15.9. The van der Waals surface area contributed by atoms with Gasteiger partial charge in [0.05, 0.1) is 12.9 Å². The Labute approximate surface area is 130 Å². The quantitative estimate of drug-likeness (QED) is 0.498. The third kappa shape index (κ3) is 2.81. The smallest absolute Gasteiger partial charge is 0.280 e. The van der Waals surface area contributed by atoms with Crippen LogP contribution in [0.25, 0.3) is 11.2 Å². The maximum atomic E-state index is 11.8. The molecule has 23 heavy (non-hydrogen) atoms. The number of nitrogens with two attached hydrogens (primary N) is 1.